The van der Waals surface area contributed by atoms with Crippen LogP contribution in [0.1, 0.15) is 22.7 Å². The summed E-state index contributed by atoms with van der Waals surface area (Å²) in [5.74, 6) is 0.179. The van der Waals surface area contributed by atoms with Crippen LogP contribution in [0.3, 0.4) is 0 Å². The average molecular weight is 361 g/mol. The number of benzene rings is 3. The summed E-state index contributed by atoms with van der Waals surface area (Å²) in [6.07, 6.45) is 3.25. The molecule has 136 valence electrons. The van der Waals surface area contributed by atoms with Gasteiger partial charge in [0.2, 0.25) is 5.91 Å². The first kappa shape index (κ1) is 18.4. The second kappa shape index (κ2) is 8.81. The smallest absolute Gasteiger partial charge is 0.244 e. The Kier molecular flexibility index (Phi) is 6.00. The molecule has 1 atom stereocenters. The summed E-state index contributed by atoms with van der Waals surface area (Å²) in [4.78, 5) is 12.5. The van der Waals surface area contributed by atoms with E-state index in [1.165, 1.54) is 18.2 Å². The molecule has 3 aromatic carbocycles. The van der Waals surface area contributed by atoms with E-state index in [4.69, 9.17) is 4.74 Å². The molecule has 0 aromatic heterocycles. The number of halogens is 1. The van der Waals surface area contributed by atoms with Crippen molar-refractivity contribution in [3.8, 4) is 5.75 Å². The average Bonchev–Trinajstić information content (AvgIpc) is 2.72. The van der Waals surface area contributed by atoms with Crippen LogP contribution in [0.15, 0.2) is 84.9 Å². The molecule has 0 aliphatic carbocycles. The first-order valence-corrected chi connectivity index (χ1v) is 8.59. The van der Waals surface area contributed by atoms with Crippen LogP contribution in [-0.2, 0) is 4.79 Å². The molecular formula is C23H20FNO2. The number of hydrogen-bond acceptors (Lipinski definition) is 2. The Labute approximate surface area is 158 Å². The van der Waals surface area contributed by atoms with Gasteiger partial charge in [-0.25, -0.2) is 4.39 Å². The molecule has 0 spiro atoms. The number of nitrogens with one attached hydrogen (secondary N) is 1. The Morgan fingerprint density at radius 3 is 2.11 bits per heavy atom. The lowest BCUT2D eigenvalue weighted by Gasteiger charge is -2.19. The Balaban J connectivity index is 1.83. The topological polar surface area (TPSA) is 38.3 Å². The first-order valence-electron chi connectivity index (χ1n) is 8.59. The lowest BCUT2D eigenvalue weighted by Crippen LogP contribution is -2.27. The van der Waals surface area contributed by atoms with Gasteiger partial charge in [-0.1, -0.05) is 54.6 Å². The molecule has 3 nitrogen and oxygen atoms in total. The summed E-state index contributed by atoms with van der Waals surface area (Å²) in [6, 6.07) is 22.7. The highest BCUT2D eigenvalue weighted by Gasteiger charge is 2.16. The van der Waals surface area contributed by atoms with Crippen molar-refractivity contribution < 1.29 is 13.9 Å². The molecule has 3 rings (SSSR count). The highest BCUT2D eigenvalue weighted by atomic mass is 19.1. The van der Waals surface area contributed by atoms with Crippen LogP contribution in [-0.4, -0.2) is 13.0 Å². The van der Waals surface area contributed by atoms with Crippen molar-refractivity contribution in [1.29, 1.82) is 0 Å². The maximum atomic E-state index is 13.3. The first-order chi connectivity index (χ1) is 13.2. The van der Waals surface area contributed by atoms with Gasteiger partial charge in [-0.15, -0.1) is 0 Å². The Morgan fingerprint density at radius 2 is 1.52 bits per heavy atom. The van der Waals surface area contributed by atoms with Gasteiger partial charge >= 0.3 is 0 Å². The molecule has 0 saturated carbocycles. The number of carbonyl (C=O) groups is 1. The van der Waals surface area contributed by atoms with Crippen molar-refractivity contribution in [2.45, 2.75) is 6.04 Å². The molecule has 27 heavy (non-hydrogen) atoms. The maximum absolute atomic E-state index is 13.3. The number of rotatable bonds is 6. The minimum Gasteiger partial charge on any atom is -0.497 e. The minimum absolute atomic E-state index is 0.232. The number of methoxy groups -OCH3 is 1. The third kappa shape index (κ3) is 5.05. The van der Waals surface area contributed by atoms with E-state index in [0.29, 0.717) is 0 Å². The van der Waals surface area contributed by atoms with Gasteiger partial charge in [0.1, 0.15) is 11.6 Å². The van der Waals surface area contributed by atoms with Crippen molar-refractivity contribution in [3.05, 3.63) is 107 Å². The van der Waals surface area contributed by atoms with Gasteiger partial charge in [-0.05, 0) is 47.0 Å². The van der Waals surface area contributed by atoms with E-state index in [9.17, 15) is 9.18 Å². The van der Waals surface area contributed by atoms with E-state index >= 15 is 0 Å². The van der Waals surface area contributed by atoms with Crippen molar-refractivity contribution in [2.75, 3.05) is 7.11 Å². The number of ether oxygens (including phenoxy) is 1. The highest BCUT2D eigenvalue weighted by Crippen LogP contribution is 2.24. The second-order valence-electron chi connectivity index (χ2n) is 6.01. The van der Waals surface area contributed by atoms with E-state index in [-0.39, 0.29) is 11.7 Å². The van der Waals surface area contributed by atoms with Crippen LogP contribution in [0, 0.1) is 5.82 Å². The van der Waals surface area contributed by atoms with Crippen molar-refractivity contribution in [1.82, 2.24) is 5.32 Å². The van der Waals surface area contributed by atoms with Gasteiger partial charge in [-0.3, -0.25) is 4.79 Å². The third-order valence-corrected chi connectivity index (χ3v) is 4.17. The lowest BCUT2D eigenvalue weighted by atomic mass is 9.98. The van der Waals surface area contributed by atoms with Crippen LogP contribution in [0.25, 0.3) is 6.08 Å². The molecule has 0 heterocycles. The summed E-state index contributed by atoms with van der Waals surface area (Å²) in [6.45, 7) is 0. The van der Waals surface area contributed by atoms with Gasteiger partial charge in [0.25, 0.3) is 0 Å². The van der Waals surface area contributed by atoms with Crippen molar-refractivity contribution in [2.24, 2.45) is 0 Å². The zero-order valence-electron chi connectivity index (χ0n) is 14.9. The standard InChI is InChI=1S/C23H20FNO2/c1-27-21-14-10-19(11-15-21)23(18-8-12-20(24)13-9-18)25-22(26)16-7-17-5-3-2-4-6-17/h2-16,23H,1H3,(H,25,26)/b16-7+. The fourth-order valence-corrected chi connectivity index (χ4v) is 2.74. The van der Waals surface area contributed by atoms with E-state index in [1.54, 1.807) is 25.3 Å². The van der Waals surface area contributed by atoms with Crippen LogP contribution in [0.2, 0.25) is 0 Å². The minimum atomic E-state index is -0.399. The van der Waals surface area contributed by atoms with Gasteiger partial charge in [-0.2, -0.15) is 0 Å². The molecule has 0 fully saturated rings. The molecule has 3 aromatic rings. The largest absolute Gasteiger partial charge is 0.497 e. The molecule has 4 heteroatoms. The fourth-order valence-electron chi connectivity index (χ4n) is 2.74. The van der Waals surface area contributed by atoms with Gasteiger partial charge < -0.3 is 10.1 Å². The molecule has 1 amide bonds. The highest BCUT2D eigenvalue weighted by molar-refractivity contribution is 5.92. The van der Waals surface area contributed by atoms with E-state index < -0.39 is 6.04 Å². The SMILES string of the molecule is COc1ccc(C(NC(=O)/C=C/c2ccccc2)c2ccc(F)cc2)cc1. The molecule has 0 saturated heterocycles. The fraction of sp³-hybridized carbons (Fsp3) is 0.0870. The van der Waals surface area contributed by atoms with Crippen molar-refractivity contribution >= 4 is 12.0 Å². The summed E-state index contributed by atoms with van der Waals surface area (Å²) in [7, 11) is 1.60. The molecule has 0 radical (unpaired) electrons. The van der Waals surface area contributed by atoms with Crippen LogP contribution < -0.4 is 10.1 Å². The van der Waals surface area contributed by atoms with Gasteiger partial charge in [0, 0.05) is 6.08 Å². The van der Waals surface area contributed by atoms with E-state index in [1.807, 2.05) is 54.6 Å². The lowest BCUT2D eigenvalue weighted by molar-refractivity contribution is -0.116. The number of amides is 1. The summed E-state index contributed by atoms with van der Waals surface area (Å²) >= 11 is 0. The zero-order chi connectivity index (χ0) is 19.1. The number of hydrogen-bond donors (Lipinski definition) is 1. The molecular weight excluding hydrogens is 341 g/mol. The van der Waals surface area contributed by atoms with Crippen molar-refractivity contribution in [3.63, 3.8) is 0 Å². The molecule has 0 bridgehead atoms. The monoisotopic (exact) mass is 361 g/mol. The molecule has 0 aliphatic rings. The third-order valence-electron chi connectivity index (χ3n) is 4.17. The Hall–Kier alpha value is -3.40. The molecule has 0 aliphatic heterocycles. The summed E-state index contributed by atoms with van der Waals surface area (Å²) in [5, 5.41) is 2.99. The predicted octanol–water partition coefficient (Wildman–Crippen LogP) is 4.75. The van der Waals surface area contributed by atoms with E-state index in [0.717, 1.165) is 22.4 Å². The second-order valence-corrected chi connectivity index (χ2v) is 6.01. The number of carbonyl (C=O) groups excluding carboxylic acids is 1. The normalized spacial score (nSPS) is 11.9. The summed E-state index contributed by atoms with van der Waals surface area (Å²) < 4.78 is 18.5. The molecule has 1 unspecified atom stereocenters. The Morgan fingerprint density at radius 1 is 0.926 bits per heavy atom. The van der Waals surface area contributed by atoms with Gasteiger partial charge in [0.05, 0.1) is 13.2 Å². The van der Waals surface area contributed by atoms with Crippen LogP contribution in [0.5, 0.6) is 5.75 Å². The Bertz CT molecular complexity index is 903. The van der Waals surface area contributed by atoms with Gasteiger partial charge in [0.15, 0.2) is 0 Å². The van der Waals surface area contributed by atoms with E-state index in [2.05, 4.69) is 5.32 Å². The van der Waals surface area contributed by atoms with Crippen LogP contribution >= 0.6 is 0 Å². The maximum Gasteiger partial charge on any atom is 0.244 e. The van der Waals surface area contributed by atoms with Crippen LogP contribution in [0.4, 0.5) is 4.39 Å². The predicted molar refractivity (Wildman–Crippen MR) is 105 cm³/mol. The molecule has 1 N–H and O–H groups in total. The summed E-state index contributed by atoms with van der Waals surface area (Å²) in [5.41, 5.74) is 2.61. The zero-order valence-corrected chi connectivity index (χ0v) is 14.9. The quantitative estimate of drug-likeness (QED) is 0.643.